The summed E-state index contributed by atoms with van der Waals surface area (Å²) < 4.78 is 6.97. The summed E-state index contributed by atoms with van der Waals surface area (Å²) in [4.78, 5) is 15.4. The summed E-state index contributed by atoms with van der Waals surface area (Å²) in [5.41, 5.74) is 11.7. The Bertz CT molecular complexity index is 3530. The average molecular weight is 790 g/mol. The quantitative estimate of drug-likeness (QED) is 0.167. The molecule has 1 aliphatic carbocycles. The molecule has 0 N–H and O–H groups in total. The molecule has 0 saturated heterocycles. The van der Waals surface area contributed by atoms with E-state index in [4.69, 9.17) is 19.7 Å². The van der Waals surface area contributed by atoms with Gasteiger partial charge in [-0.3, -0.25) is 0 Å². The summed E-state index contributed by atoms with van der Waals surface area (Å²) in [7, 11) is 0. The number of fused-ring (bicyclic) bond motifs is 15. The van der Waals surface area contributed by atoms with Crippen LogP contribution < -0.4 is 4.74 Å². The summed E-state index contributed by atoms with van der Waals surface area (Å²) in [6.07, 6.45) is 0. The highest BCUT2D eigenvalue weighted by atomic mass is 16.5. The number of nitrogens with zero attached hydrogens (tertiary/aromatic N) is 3. The van der Waals surface area contributed by atoms with E-state index in [2.05, 4.69) is 194 Å². The van der Waals surface area contributed by atoms with Crippen LogP contribution in [0.1, 0.15) is 22.3 Å². The van der Waals surface area contributed by atoms with Crippen LogP contribution in [-0.2, 0) is 5.41 Å². The van der Waals surface area contributed by atoms with Crippen molar-refractivity contribution in [3.63, 3.8) is 0 Å². The van der Waals surface area contributed by atoms with E-state index in [1.54, 1.807) is 0 Å². The van der Waals surface area contributed by atoms with Crippen molar-refractivity contribution in [2.24, 2.45) is 0 Å². The molecule has 0 atom stereocenters. The average Bonchev–Trinajstić information content (AvgIpc) is 3.64. The van der Waals surface area contributed by atoms with Gasteiger partial charge in [0.05, 0.1) is 5.41 Å². The van der Waals surface area contributed by atoms with E-state index in [1.807, 2.05) is 18.2 Å². The molecule has 288 valence electrons. The second kappa shape index (κ2) is 13.4. The van der Waals surface area contributed by atoms with Gasteiger partial charge in [-0.1, -0.05) is 200 Å². The van der Waals surface area contributed by atoms with Gasteiger partial charge in [0.25, 0.3) is 0 Å². The molecule has 62 heavy (non-hydrogen) atoms. The molecule has 0 unspecified atom stereocenters. The van der Waals surface area contributed by atoms with Crippen molar-refractivity contribution in [3.05, 3.63) is 235 Å². The third-order valence-electron chi connectivity index (χ3n) is 13.0. The second-order valence-electron chi connectivity index (χ2n) is 16.2. The molecule has 11 aromatic rings. The minimum Gasteiger partial charge on any atom is -0.456 e. The Labute approximate surface area is 358 Å². The van der Waals surface area contributed by atoms with Gasteiger partial charge in [0.1, 0.15) is 11.5 Å². The van der Waals surface area contributed by atoms with Crippen LogP contribution in [0, 0.1) is 0 Å². The predicted octanol–water partition coefficient (Wildman–Crippen LogP) is 14.5. The number of hydrogen-bond donors (Lipinski definition) is 0. The molecule has 1 spiro atoms. The van der Waals surface area contributed by atoms with E-state index in [0.717, 1.165) is 50.4 Å². The molecular weight excluding hydrogens is 755 g/mol. The Morgan fingerprint density at radius 3 is 1.37 bits per heavy atom. The van der Waals surface area contributed by atoms with E-state index in [1.165, 1.54) is 54.6 Å². The van der Waals surface area contributed by atoms with Gasteiger partial charge in [-0.2, -0.15) is 0 Å². The topological polar surface area (TPSA) is 47.9 Å². The number of ether oxygens (including phenoxy) is 1. The van der Waals surface area contributed by atoms with Gasteiger partial charge >= 0.3 is 0 Å². The van der Waals surface area contributed by atoms with Crippen molar-refractivity contribution in [2.75, 3.05) is 0 Å². The van der Waals surface area contributed by atoms with Gasteiger partial charge in [0.2, 0.25) is 0 Å². The van der Waals surface area contributed by atoms with Crippen LogP contribution in [0.25, 0.3) is 88.7 Å². The minimum atomic E-state index is -0.523. The second-order valence-corrected chi connectivity index (χ2v) is 16.2. The van der Waals surface area contributed by atoms with E-state index in [9.17, 15) is 0 Å². The summed E-state index contributed by atoms with van der Waals surface area (Å²) in [6.45, 7) is 0. The van der Waals surface area contributed by atoms with Crippen molar-refractivity contribution >= 4 is 32.3 Å². The Kier molecular flexibility index (Phi) is 7.49. The van der Waals surface area contributed by atoms with Crippen molar-refractivity contribution in [1.29, 1.82) is 0 Å². The highest BCUT2D eigenvalue weighted by molar-refractivity contribution is 6.25. The lowest BCUT2D eigenvalue weighted by atomic mass is 9.65. The van der Waals surface area contributed by atoms with Crippen LogP contribution in [0.2, 0.25) is 0 Å². The zero-order valence-corrected chi connectivity index (χ0v) is 33.5. The third-order valence-corrected chi connectivity index (χ3v) is 13.0. The molecule has 2 heterocycles. The lowest BCUT2D eigenvalue weighted by molar-refractivity contribution is 0.438. The molecule has 4 heteroatoms. The number of benzene rings is 10. The van der Waals surface area contributed by atoms with Gasteiger partial charge in [0.15, 0.2) is 17.5 Å². The van der Waals surface area contributed by atoms with Crippen molar-refractivity contribution < 1.29 is 4.74 Å². The van der Waals surface area contributed by atoms with Gasteiger partial charge in [0, 0.05) is 33.4 Å². The summed E-state index contributed by atoms with van der Waals surface area (Å²) in [5.74, 6) is 3.61. The first kappa shape index (κ1) is 34.6. The lowest BCUT2D eigenvalue weighted by Gasteiger charge is -2.40. The normalized spacial score (nSPS) is 13.1. The molecule has 4 nitrogen and oxygen atoms in total. The van der Waals surface area contributed by atoms with Gasteiger partial charge < -0.3 is 4.74 Å². The molecule has 10 aromatic carbocycles. The highest BCUT2D eigenvalue weighted by Gasteiger charge is 2.51. The van der Waals surface area contributed by atoms with Crippen LogP contribution in [0.4, 0.5) is 0 Å². The number of para-hydroxylation sites is 2. The van der Waals surface area contributed by atoms with Crippen molar-refractivity contribution in [2.45, 2.75) is 5.41 Å². The first-order valence-electron chi connectivity index (χ1n) is 21.1. The monoisotopic (exact) mass is 789 g/mol. The fourth-order valence-corrected chi connectivity index (χ4v) is 10.3. The smallest absolute Gasteiger partial charge is 0.164 e. The maximum Gasteiger partial charge on any atom is 0.164 e. The largest absolute Gasteiger partial charge is 0.456 e. The maximum atomic E-state index is 6.97. The van der Waals surface area contributed by atoms with Crippen molar-refractivity contribution in [1.82, 2.24) is 15.0 Å². The first-order chi connectivity index (χ1) is 30.7. The Hall–Kier alpha value is -8.21. The molecule has 0 bridgehead atoms. The van der Waals surface area contributed by atoms with E-state index >= 15 is 0 Å². The molecule has 0 fully saturated rings. The molecular formula is C58H35N3O. The lowest BCUT2D eigenvalue weighted by Crippen LogP contribution is -2.32. The summed E-state index contributed by atoms with van der Waals surface area (Å²) >= 11 is 0. The molecule has 0 saturated carbocycles. The molecule has 0 amide bonds. The first-order valence-corrected chi connectivity index (χ1v) is 21.1. The minimum absolute atomic E-state index is 0.523. The Balaban J connectivity index is 0.955. The standard InChI is InChI=1S/C58H35N3O/c1-2-15-37(16-3-1)55-59-56(61-57(60-55)39-33-34-45-43-19-5-4-17-41(43)42-18-6-7-20-44(42)48(45)35-39)38-31-29-36(30-32-38)40-23-14-27-52-54(40)62-53-28-13-12-26-51(53)58(52)49-24-10-8-21-46(49)47-22-9-11-25-50(47)58/h1-35H. The van der Waals surface area contributed by atoms with E-state index in [0.29, 0.717) is 17.5 Å². The van der Waals surface area contributed by atoms with Crippen LogP contribution in [0.15, 0.2) is 212 Å². The van der Waals surface area contributed by atoms with Crippen LogP contribution in [-0.4, -0.2) is 15.0 Å². The molecule has 1 aliphatic heterocycles. The predicted molar refractivity (Wildman–Crippen MR) is 251 cm³/mol. The van der Waals surface area contributed by atoms with Crippen LogP contribution >= 0.6 is 0 Å². The molecule has 2 aliphatic rings. The third kappa shape index (κ3) is 4.98. The van der Waals surface area contributed by atoms with Crippen molar-refractivity contribution in [3.8, 4) is 67.9 Å². The zero-order chi connectivity index (χ0) is 40.8. The molecule has 1 aromatic heterocycles. The fraction of sp³-hybridized carbons (Fsp3) is 0.0172. The number of hydrogen-bond acceptors (Lipinski definition) is 4. The SMILES string of the molecule is c1ccc(-c2nc(-c3ccc(-c4cccc5c4Oc4ccccc4C54c5ccccc5-c5ccccc54)cc3)nc(-c3ccc4c5ccccc5c5ccccc5c4c3)n2)cc1. The molecule has 13 rings (SSSR count). The van der Waals surface area contributed by atoms with Gasteiger partial charge in [-0.25, -0.2) is 15.0 Å². The maximum absolute atomic E-state index is 6.97. The Morgan fingerprint density at radius 2 is 0.726 bits per heavy atom. The zero-order valence-electron chi connectivity index (χ0n) is 33.5. The number of aromatic nitrogens is 3. The summed E-state index contributed by atoms with van der Waals surface area (Å²) in [5, 5.41) is 7.31. The van der Waals surface area contributed by atoms with E-state index in [-0.39, 0.29) is 0 Å². The number of rotatable bonds is 4. The van der Waals surface area contributed by atoms with E-state index < -0.39 is 5.41 Å². The highest BCUT2D eigenvalue weighted by Crippen LogP contribution is 2.63. The Morgan fingerprint density at radius 1 is 0.290 bits per heavy atom. The van der Waals surface area contributed by atoms with Gasteiger partial charge in [-0.15, -0.1) is 0 Å². The summed E-state index contributed by atoms with van der Waals surface area (Å²) in [6, 6.07) is 75.4. The fourth-order valence-electron chi connectivity index (χ4n) is 10.3. The van der Waals surface area contributed by atoms with Gasteiger partial charge in [-0.05, 0) is 72.3 Å². The van der Waals surface area contributed by atoms with Crippen LogP contribution in [0.3, 0.4) is 0 Å². The van der Waals surface area contributed by atoms with Crippen LogP contribution in [0.5, 0.6) is 11.5 Å². The molecule has 0 radical (unpaired) electrons.